The maximum atomic E-state index is 13.8. The van der Waals surface area contributed by atoms with Crippen LogP contribution in [0.15, 0.2) is 133 Å². The minimum absolute atomic E-state index is 0.488. The third kappa shape index (κ3) is 4.36. The Morgan fingerprint density at radius 3 is 1.48 bits per heavy atom. The molecule has 0 aliphatic heterocycles. The summed E-state index contributed by atoms with van der Waals surface area (Å²) in [7, 11) is 0. The summed E-state index contributed by atoms with van der Waals surface area (Å²) >= 11 is 0. The zero-order chi connectivity index (χ0) is 50.3. The molecule has 0 radical (unpaired) electrons. The standard InChI is InChI=1S/C38H26N2O6/c41-38(45-42)33-22-26(40-36-15-7-3-11-31(36)32-12-4-8-16-37(32)40)18-20-28(33)27-19-17-25(21-24(27)23-44-46-43)39-34-13-5-1-9-29(34)30-10-2-6-14-35(30)39/h1-22,42-43H,23H2/i1D,2D,3D,4D,5D,6D,7D,8D,9D,10D,11D,12D,13D,14D,15D,16D,17D,18D,19D,20D,21D,22D. The number of nitrogens with zero attached hydrogens (tertiary/aromatic N) is 2. The lowest BCUT2D eigenvalue weighted by Gasteiger charge is -2.17. The molecule has 8 rings (SSSR count). The molecule has 0 aliphatic rings. The van der Waals surface area contributed by atoms with Crippen molar-refractivity contribution >= 4 is 49.6 Å². The average Bonchev–Trinajstić information content (AvgIpc) is 3.85. The van der Waals surface area contributed by atoms with Crippen molar-refractivity contribution in [1.82, 2.24) is 9.13 Å². The van der Waals surface area contributed by atoms with Crippen LogP contribution in [0, 0.1) is 0 Å². The van der Waals surface area contributed by atoms with E-state index >= 15 is 0 Å². The van der Waals surface area contributed by atoms with Gasteiger partial charge in [-0.05, 0) is 65.0 Å². The smallest absolute Gasteiger partial charge is 0.309 e. The lowest BCUT2D eigenvalue weighted by molar-refractivity contribution is -0.496. The molecule has 0 unspecified atom stereocenters. The number of hydrogen-bond acceptors (Lipinski definition) is 6. The number of para-hydroxylation sites is 4. The Morgan fingerprint density at radius 1 is 0.587 bits per heavy atom. The number of carbonyl (C=O) groups is 1. The summed E-state index contributed by atoms with van der Waals surface area (Å²) in [5, 5.41) is 21.0. The first kappa shape index (κ1) is 12.9. The number of carbonyl (C=O) groups excluding carboxylic acids is 1. The predicted octanol–water partition coefficient (Wildman–Crippen LogP) is 9.10. The second kappa shape index (κ2) is 11.3. The van der Waals surface area contributed by atoms with E-state index in [2.05, 4.69) is 9.93 Å². The summed E-state index contributed by atoms with van der Waals surface area (Å²) in [6, 6.07) is -20.7. The summed E-state index contributed by atoms with van der Waals surface area (Å²) in [6.45, 7) is -1.20. The van der Waals surface area contributed by atoms with Crippen molar-refractivity contribution in [3.8, 4) is 22.5 Å². The van der Waals surface area contributed by atoms with Gasteiger partial charge in [-0.3, -0.25) is 4.89 Å². The van der Waals surface area contributed by atoms with E-state index in [1.54, 1.807) is 0 Å². The van der Waals surface area contributed by atoms with Gasteiger partial charge in [-0.25, -0.2) is 14.9 Å². The molecule has 2 aromatic heterocycles. The van der Waals surface area contributed by atoms with Crippen molar-refractivity contribution in [1.29, 1.82) is 0 Å². The number of hydrogen-bond donors (Lipinski definition) is 2. The van der Waals surface area contributed by atoms with Gasteiger partial charge in [-0.15, -0.1) is 0 Å². The van der Waals surface area contributed by atoms with E-state index in [9.17, 15) is 23.5 Å². The van der Waals surface area contributed by atoms with Crippen LogP contribution in [0.5, 0.6) is 0 Å². The second-order valence-electron chi connectivity index (χ2n) is 9.33. The first-order valence-electron chi connectivity index (χ1n) is 23.9. The van der Waals surface area contributed by atoms with Crippen molar-refractivity contribution in [2.24, 2.45) is 0 Å². The normalized spacial score (nSPS) is 18.3. The molecule has 0 saturated heterocycles. The Hall–Kier alpha value is -5.77. The largest absolute Gasteiger partial charge is 0.373 e. The van der Waals surface area contributed by atoms with E-state index in [4.69, 9.17) is 26.8 Å². The molecule has 2 N–H and O–H groups in total. The van der Waals surface area contributed by atoms with E-state index in [-0.39, 0.29) is 0 Å². The Kier molecular flexibility index (Phi) is 3.17. The molecule has 224 valence electrons. The average molecular weight is 629 g/mol. The molecule has 0 spiro atoms. The van der Waals surface area contributed by atoms with Gasteiger partial charge < -0.3 is 9.13 Å². The zero-order valence-corrected chi connectivity index (χ0v) is 22.6. The molecule has 0 amide bonds. The fourth-order valence-corrected chi connectivity index (χ4v) is 5.14. The van der Waals surface area contributed by atoms with Crippen molar-refractivity contribution in [2.45, 2.75) is 6.61 Å². The maximum absolute atomic E-state index is 13.8. The highest BCUT2D eigenvalue weighted by Crippen LogP contribution is 2.37. The number of fused-ring (bicyclic) bond motifs is 6. The summed E-state index contributed by atoms with van der Waals surface area (Å²) in [5.41, 5.74) is -8.33. The van der Waals surface area contributed by atoms with Crippen LogP contribution < -0.4 is 0 Å². The van der Waals surface area contributed by atoms with Gasteiger partial charge >= 0.3 is 5.97 Å². The topological polar surface area (TPSA) is 95.1 Å². The summed E-state index contributed by atoms with van der Waals surface area (Å²) in [6.07, 6.45) is 0. The van der Waals surface area contributed by atoms with E-state index < -0.39 is 223 Å². The van der Waals surface area contributed by atoms with Crippen LogP contribution in [-0.2, 0) is 21.4 Å². The SMILES string of the molecule is [2H]c1c([2H])c(-n2c3c([2H])c([2H])c([2H])c([2H])c3c3c([2H])c([2H])c([2H])c([2H])c32)c([2H])c(COOO)c1-c1c([2H])c([2H])c(-n2c3c([2H])c([2H])c([2H])c([2H])c3c3c([2H])c([2H])c([2H])c([2H])c32)c([2H])c1C(=O)OO. The fraction of sp³-hybridized carbons (Fsp3) is 0.0263. The molecule has 0 atom stereocenters. The van der Waals surface area contributed by atoms with Crippen LogP contribution in [0.2, 0.25) is 0 Å². The van der Waals surface area contributed by atoms with Crippen LogP contribution in [0.3, 0.4) is 0 Å². The van der Waals surface area contributed by atoms with Crippen molar-refractivity contribution in [3.63, 3.8) is 0 Å². The number of aromatic nitrogens is 2. The van der Waals surface area contributed by atoms with Crippen LogP contribution >= 0.6 is 0 Å². The van der Waals surface area contributed by atoms with Gasteiger partial charge in [0.05, 0.1) is 57.8 Å². The minimum Gasteiger partial charge on any atom is -0.309 e. The van der Waals surface area contributed by atoms with E-state index in [0.717, 1.165) is 0 Å². The third-order valence-electron chi connectivity index (χ3n) is 6.98. The van der Waals surface area contributed by atoms with E-state index in [1.165, 1.54) is 0 Å². The first-order chi connectivity index (χ1) is 31.8. The monoisotopic (exact) mass is 628 g/mol. The van der Waals surface area contributed by atoms with Crippen LogP contribution in [0.1, 0.15) is 46.1 Å². The molecule has 46 heavy (non-hydrogen) atoms. The van der Waals surface area contributed by atoms with Crippen molar-refractivity contribution in [3.05, 3.63) is 144 Å². The molecule has 0 fully saturated rings. The van der Waals surface area contributed by atoms with Crippen molar-refractivity contribution in [2.75, 3.05) is 0 Å². The van der Waals surface area contributed by atoms with Gasteiger partial charge in [-0.1, -0.05) is 89.6 Å². The van der Waals surface area contributed by atoms with Crippen LogP contribution in [0.4, 0.5) is 0 Å². The van der Waals surface area contributed by atoms with Crippen LogP contribution in [0.25, 0.3) is 66.1 Å². The highest BCUT2D eigenvalue weighted by molar-refractivity contribution is 6.10. The number of rotatable bonds is 7. The molecule has 8 aromatic rings. The molecular formula is C38H26N2O6. The van der Waals surface area contributed by atoms with Gasteiger partial charge in [0.1, 0.15) is 6.61 Å². The Bertz CT molecular complexity index is 3510. The molecule has 8 nitrogen and oxygen atoms in total. The summed E-state index contributed by atoms with van der Waals surface area (Å²) in [5.74, 6) is -1.93. The lowest BCUT2D eigenvalue weighted by atomic mass is 9.94. The molecule has 8 heteroatoms. The quantitative estimate of drug-likeness (QED) is 0.135. The van der Waals surface area contributed by atoms with Gasteiger partial charge in [0.15, 0.2) is 0 Å². The highest BCUT2D eigenvalue weighted by atomic mass is 17.5. The predicted molar refractivity (Wildman–Crippen MR) is 177 cm³/mol. The summed E-state index contributed by atoms with van der Waals surface area (Å²) < 4.78 is 195. The molecule has 0 saturated carbocycles. The van der Waals surface area contributed by atoms with Crippen LogP contribution in [-0.4, -0.2) is 25.6 Å². The molecule has 0 aliphatic carbocycles. The van der Waals surface area contributed by atoms with E-state index in [1.807, 2.05) is 0 Å². The second-order valence-corrected chi connectivity index (χ2v) is 9.33. The minimum atomic E-state index is -1.93. The lowest BCUT2D eigenvalue weighted by Crippen LogP contribution is -2.08. The molecule has 2 heterocycles. The maximum Gasteiger partial charge on any atom is 0.373 e. The van der Waals surface area contributed by atoms with Gasteiger partial charge in [0.2, 0.25) is 0 Å². The Labute approximate surface area is 293 Å². The molecular weight excluding hydrogens is 580 g/mol. The van der Waals surface area contributed by atoms with Crippen molar-refractivity contribution < 1.29 is 60.3 Å². The highest BCUT2D eigenvalue weighted by Gasteiger charge is 2.21. The third-order valence-corrected chi connectivity index (χ3v) is 6.98. The van der Waals surface area contributed by atoms with Gasteiger partial charge in [0.25, 0.3) is 0 Å². The van der Waals surface area contributed by atoms with E-state index in [0.29, 0.717) is 9.13 Å². The number of benzene rings is 6. The zero-order valence-electron chi connectivity index (χ0n) is 44.6. The Morgan fingerprint density at radius 2 is 1.02 bits per heavy atom. The summed E-state index contributed by atoms with van der Waals surface area (Å²) in [4.78, 5) is 22.5. The van der Waals surface area contributed by atoms with Gasteiger partial charge in [-0.2, -0.15) is 5.26 Å². The Balaban J connectivity index is 1.59. The van der Waals surface area contributed by atoms with Gasteiger partial charge in [0, 0.05) is 32.9 Å². The molecule has 6 aromatic carbocycles. The first-order valence-corrected chi connectivity index (χ1v) is 12.9. The molecule has 0 bridgehead atoms. The fourth-order valence-electron chi connectivity index (χ4n) is 5.14.